The Bertz CT molecular complexity index is 992. The van der Waals surface area contributed by atoms with Gasteiger partial charge >= 0.3 is 0 Å². The summed E-state index contributed by atoms with van der Waals surface area (Å²) >= 11 is 3.40. The van der Waals surface area contributed by atoms with Crippen molar-refractivity contribution in [1.29, 1.82) is 0 Å². The summed E-state index contributed by atoms with van der Waals surface area (Å²) in [7, 11) is 0. The first-order valence-corrected chi connectivity index (χ1v) is 9.35. The minimum absolute atomic E-state index is 0.0162. The van der Waals surface area contributed by atoms with Crippen LogP contribution in [0.4, 0.5) is 5.69 Å². The summed E-state index contributed by atoms with van der Waals surface area (Å²) in [4.78, 5) is 28.0. The number of benzene rings is 2. The van der Waals surface area contributed by atoms with E-state index in [2.05, 4.69) is 31.5 Å². The van der Waals surface area contributed by atoms with E-state index in [1.54, 1.807) is 12.1 Å². The molecule has 1 aliphatic carbocycles. The number of H-pyrrole nitrogens is 1. The molecule has 1 fully saturated rings. The van der Waals surface area contributed by atoms with E-state index in [-0.39, 0.29) is 17.7 Å². The van der Waals surface area contributed by atoms with E-state index >= 15 is 0 Å². The van der Waals surface area contributed by atoms with E-state index < -0.39 is 0 Å². The van der Waals surface area contributed by atoms with Crippen LogP contribution >= 0.6 is 15.9 Å². The highest BCUT2D eigenvalue weighted by Gasteiger charge is 2.30. The zero-order valence-electron chi connectivity index (χ0n) is 14.0. The monoisotopic (exact) mass is 411 g/mol. The quantitative estimate of drug-likeness (QED) is 0.588. The van der Waals surface area contributed by atoms with Crippen molar-refractivity contribution in [3.05, 3.63) is 64.3 Å². The second kappa shape index (κ2) is 6.96. The summed E-state index contributed by atoms with van der Waals surface area (Å²) in [5.41, 5.74) is 3.02. The molecule has 0 radical (unpaired) electrons. The number of hydrogen-bond acceptors (Lipinski definition) is 2. The molecule has 1 saturated carbocycles. The van der Waals surface area contributed by atoms with E-state index in [9.17, 15) is 9.59 Å². The first-order valence-electron chi connectivity index (χ1n) is 8.55. The SMILES string of the molecule is O=C(NCc1cccc2cc[nH]c12)c1cc(Br)ccc1NC(=O)C1CC1. The average Bonchev–Trinajstić information content (AvgIpc) is 3.38. The number of para-hydroxylation sites is 1. The van der Waals surface area contributed by atoms with Gasteiger partial charge in [0.05, 0.1) is 16.8 Å². The predicted molar refractivity (Wildman–Crippen MR) is 105 cm³/mol. The van der Waals surface area contributed by atoms with Gasteiger partial charge in [-0.25, -0.2) is 0 Å². The molecule has 0 spiro atoms. The van der Waals surface area contributed by atoms with E-state index in [1.807, 2.05) is 36.5 Å². The van der Waals surface area contributed by atoms with Gasteiger partial charge < -0.3 is 15.6 Å². The molecule has 26 heavy (non-hydrogen) atoms. The fourth-order valence-electron chi connectivity index (χ4n) is 2.96. The van der Waals surface area contributed by atoms with Gasteiger partial charge in [-0.1, -0.05) is 34.1 Å². The van der Waals surface area contributed by atoms with Crippen molar-refractivity contribution in [2.75, 3.05) is 5.32 Å². The largest absolute Gasteiger partial charge is 0.361 e. The minimum atomic E-state index is -0.221. The second-order valence-corrected chi connectivity index (χ2v) is 7.41. The lowest BCUT2D eigenvalue weighted by Gasteiger charge is -2.12. The van der Waals surface area contributed by atoms with Gasteiger partial charge in [-0.3, -0.25) is 9.59 Å². The Kier molecular flexibility index (Phi) is 4.51. The molecule has 4 rings (SSSR count). The third kappa shape index (κ3) is 3.51. The standard InChI is InChI=1S/C20H18BrN3O2/c21-15-6-7-17(24-19(25)13-4-5-13)16(10-15)20(26)23-11-14-3-1-2-12-8-9-22-18(12)14/h1-3,6-10,13,22H,4-5,11H2,(H,23,26)(H,24,25). The number of fused-ring (bicyclic) bond motifs is 1. The van der Waals surface area contributed by atoms with Crippen LogP contribution < -0.4 is 10.6 Å². The van der Waals surface area contributed by atoms with Crippen molar-refractivity contribution in [3.8, 4) is 0 Å². The van der Waals surface area contributed by atoms with Crippen molar-refractivity contribution in [2.45, 2.75) is 19.4 Å². The summed E-state index contributed by atoms with van der Waals surface area (Å²) in [5.74, 6) is -0.154. The normalized spacial score (nSPS) is 13.6. The number of halogens is 1. The molecule has 0 atom stereocenters. The van der Waals surface area contributed by atoms with E-state index in [4.69, 9.17) is 0 Å². The number of nitrogens with one attached hydrogen (secondary N) is 3. The van der Waals surface area contributed by atoms with Crippen LogP contribution in [-0.2, 0) is 11.3 Å². The van der Waals surface area contributed by atoms with Crippen molar-refractivity contribution in [2.24, 2.45) is 5.92 Å². The molecule has 2 aromatic carbocycles. The maximum absolute atomic E-state index is 12.7. The number of amides is 2. The zero-order valence-corrected chi connectivity index (χ0v) is 15.6. The van der Waals surface area contributed by atoms with Gasteiger partial charge in [0.2, 0.25) is 5.91 Å². The molecule has 0 saturated heterocycles. The number of carbonyl (C=O) groups is 2. The highest BCUT2D eigenvalue weighted by atomic mass is 79.9. The number of aromatic nitrogens is 1. The van der Waals surface area contributed by atoms with E-state index in [1.165, 1.54) is 0 Å². The molecular weight excluding hydrogens is 394 g/mol. The highest BCUT2D eigenvalue weighted by molar-refractivity contribution is 9.10. The van der Waals surface area contributed by atoms with Crippen LogP contribution in [0.5, 0.6) is 0 Å². The van der Waals surface area contributed by atoms with Gasteiger partial charge in [-0.15, -0.1) is 0 Å². The van der Waals surface area contributed by atoms with Crippen LogP contribution in [0.15, 0.2) is 53.1 Å². The number of aromatic amines is 1. The predicted octanol–water partition coefficient (Wildman–Crippen LogP) is 4.21. The van der Waals surface area contributed by atoms with E-state index in [0.717, 1.165) is 33.8 Å². The number of hydrogen-bond donors (Lipinski definition) is 3. The molecule has 2 amide bonds. The molecule has 1 aromatic heterocycles. The van der Waals surface area contributed by atoms with Crippen molar-refractivity contribution in [3.63, 3.8) is 0 Å². The van der Waals surface area contributed by atoms with Gasteiger partial charge in [0.15, 0.2) is 0 Å². The van der Waals surface area contributed by atoms with Crippen molar-refractivity contribution < 1.29 is 9.59 Å². The van der Waals surface area contributed by atoms with Crippen LogP contribution in [0, 0.1) is 5.92 Å². The van der Waals surface area contributed by atoms with Gasteiger partial charge in [0.25, 0.3) is 5.91 Å². The topological polar surface area (TPSA) is 74.0 Å². The lowest BCUT2D eigenvalue weighted by molar-refractivity contribution is -0.117. The fourth-order valence-corrected chi connectivity index (χ4v) is 3.32. The zero-order chi connectivity index (χ0) is 18.1. The van der Waals surface area contributed by atoms with Crippen molar-refractivity contribution >= 4 is 44.3 Å². The summed E-state index contributed by atoms with van der Waals surface area (Å²) in [6.45, 7) is 0.402. The molecule has 3 aromatic rings. The minimum Gasteiger partial charge on any atom is -0.361 e. The molecule has 1 aliphatic rings. The highest BCUT2D eigenvalue weighted by Crippen LogP contribution is 2.31. The van der Waals surface area contributed by atoms with Crippen LogP contribution in [0.1, 0.15) is 28.8 Å². The van der Waals surface area contributed by atoms with Crippen LogP contribution in [0.2, 0.25) is 0 Å². The Labute approximate surface area is 159 Å². The molecule has 5 nitrogen and oxygen atoms in total. The third-order valence-corrected chi connectivity index (χ3v) is 5.04. The number of rotatable bonds is 5. The van der Waals surface area contributed by atoms with Gasteiger partial charge in [-0.2, -0.15) is 0 Å². The lowest BCUT2D eigenvalue weighted by atomic mass is 10.1. The van der Waals surface area contributed by atoms with Gasteiger partial charge in [0, 0.05) is 23.1 Å². The maximum Gasteiger partial charge on any atom is 0.253 e. The molecule has 3 N–H and O–H groups in total. The lowest BCUT2D eigenvalue weighted by Crippen LogP contribution is -2.25. The third-order valence-electron chi connectivity index (χ3n) is 4.55. The number of carbonyl (C=O) groups excluding carboxylic acids is 2. The van der Waals surface area contributed by atoms with Crippen LogP contribution in [0.3, 0.4) is 0 Å². The first kappa shape index (κ1) is 16.8. The fraction of sp³-hybridized carbons (Fsp3) is 0.200. The number of anilines is 1. The van der Waals surface area contributed by atoms with Gasteiger partial charge in [0.1, 0.15) is 0 Å². The first-order chi connectivity index (χ1) is 12.6. The molecule has 1 heterocycles. The molecular formula is C20H18BrN3O2. The summed E-state index contributed by atoms with van der Waals surface area (Å²) in [6, 6.07) is 13.3. The Morgan fingerprint density at radius 3 is 2.81 bits per heavy atom. The maximum atomic E-state index is 12.7. The van der Waals surface area contributed by atoms with Gasteiger partial charge in [-0.05, 0) is 48.1 Å². The van der Waals surface area contributed by atoms with E-state index in [0.29, 0.717) is 17.8 Å². The molecule has 132 valence electrons. The summed E-state index contributed by atoms with van der Waals surface area (Å²) in [6.07, 6.45) is 3.73. The summed E-state index contributed by atoms with van der Waals surface area (Å²) in [5, 5.41) is 6.94. The van der Waals surface area contributed by atoms with Crippen LogP contribution in [0.25, 0.3) is 10.9 Å². The van der Waals surface area contributed by atoms with Crippen LogP contribution in [-0.4, -0.2) is 16.8 Å². The Morgan fingerprint density at radius 2 is 2.00 bits per heavy atom. The molecule has 0 bridgehead atoms. The Balaban J connectivity index is 1.53. The second-order valence-electron chi connectivity index (χ2n) is 6.50. The van der Waals surface area contributed by atoms with Crippen molar-refractivity contribution in [1.82, 2.24) is 10.3 Å². The Morgan fingerprint density at radius 1 is 1.15 bits per heavy atom. The molecule has 6 heteroatoms. The molecule has 0 unspecified atom stereocenters. The average molecular weight is 412 g/mol. The summed E-state index contributed by atoms with van der Waals surface area (Å²) < 4.78 is 0.790. The molecule has 0 aliphatic heterocycles. The smallest absolute Gasteiger partial charge is 0.253 e. The Hall–Kier alpha value is -2.60.